The van der Waals surface area contributed by atoms with Crippen molar-refractivity contribution >= 4 is 17.1 Å². The Bertz CT molecular complexity index is 449. The molecular formula is C11H12F3NO2S. The molecule has 1 unspecified atom stereocenters. The van der Waals surface area contributed by atoms with Crippen molar-refractivity contribution < 1.29 is 22.7 Å². The zero-order chi connectivity index (χ0) is 13.4. The van der Waals surface area contributed by atoms with Gasteiger partial charge in [-0.05, 0) is 26.2 Å². The molecule has 0 aliphatic carbocycles. The van der Waals surface area contributed by atoms with Crippen LogP contribution in [0.1, 0.15) is 40.9 Å². The van der Waals surface area contributed by atoms with Crippen LogP contribution in [-0.4, -0.2) is 23.0 Å². The molecule has 2 heterocycles. The van der Waals surface area contributed by atoms with Crippen molar-refractivity contribution in [2.45, 2.75) is 38.0 Å². The van der Waals surface area contributed by atoms with Gasteiger partial charge in [0.1, 0.15) is 5.60 Å². The van der Waals surface area contributed by atoms with Gasteiger partial charge in [0.15, 0.2) is 5.01 Å². The van der Waals surface area contributed by atoms with E-state index < -0.39 is 22.6 Å². The fraction of sp³-hybridized carbons (Fsp3) is 0.636. The van der Waals surface area contributed by atoms with E-state index in [9.17, 15) is 18.0 Å². The van der Waals surface area contributed by atoms with Crippen LogP contribution < -0.4 is 0 Å². The highest BCUT2D eigenvalue weighted by molar-refractivity contribution is 7.13. The number of hydrogen-bond acceptors (Lipinski definition) is 4. The van der Waals surface area contributed by atoms with E-state index in [1.807, 2.05) is 0 Å². The van der Waals surface area contributed by atoms with Crippen LogP contribution in [0, 0.1) is 0 Å². The van der Waals surface area contributed by atoms with Crippen LogP contribution in [0.3, 0.4) is 0 Å². The number of aromatic nitrogens is 1. The number of carbonyl (C=O) groups excluding carboxylic acids is 1. The Hall–Kier alpha value is -0.950. The summed E-state index contributed by atoms with van der Waals surface area (Å²) in [4.78, 5) is 15.4. The zero-order valence-electron chi connectivity index (χ0n) is 9.71. The summed E-state index contributed by atoms with van der Waals surface area (Å²) >= 11 is 0.374. The molecule has 0 saturated carbocycles. The molecule has 0 bridgehead atoms. The van der Waals surface area contributed by atoms with Crippen molar-refractivity contribution in [3.8, 4) is 0 Å². The highest BCUT2D eigenvalue weighted by atomic mass is 32.1. The third kappa shape index (κ3) is 2.56. The Kier molecular flexibility index (Phi) is 3.46. The molecule has 2 rings (SSSR count). The largest absolute Gasteiger partial charge is 0.443 e. The van der Waals surface area contributed by atoms with Gasteiger partial charge in [-0.3, -0.25) is 4.79 Å². The summed E-state index contributed by atoms with van der Waals surface area (Å²) in [6.07, 6.45) is -1.27. The van der Waals surface area contributed by atoms with Gasteiger partial charge >= 0.3 is 6.18 Å². The van der Waals surface area contributed by atoms with E-state index in [0.717, 1.165) is 19.0 Å². The number of rotatable bonds is 2. The lowest BCUT2D eigenvalue weighted by Crippen LogP contribution is -2.40. The number of thiazole rings is 1. The molecule has 1 saturated heterocycles. The summed E-state index contributed by atoms with van der Waals surface area (Å²) in [7, 11) is 0. The molecule has 100 valence electrons. The van der Waals surface area contributed by atoms with E-state index in [-0.39, 0.29) is 4.88 Å². The minimum absolute atomic E-state index is 0.00623. The molecule has 3 nitrogen and oxygen atoms in total. The van der Waals surface area contributed by atoms with E-state index in [4.69, 9.17) is 4.74 Å². The van der Waals surface area contributed by atoms with Crippen LogP contribution in [0.4, 0.5) is 13.2 Å². The molecule has 1 aromatic rings. The van der Waals surface area contributed by atoms with Crippen LogP contribution >= 0.6 is 11.3 Å². The topological polar surface area (TPSA) is 39.2 Å². The number of alkyl halides is 3. The summed E-state index contributed by atoms with van der Waals surface area (Å²) in [6, 6.07) is 0. The first-order valence-electron chi connectivity index (χ1n) is 5.55. The fourth-order valence-electron chi connectivity index (χ4n) is 1.88. The van der Waals surface area contributed by atoms with Gasteiger partial charge in [0.2, 0.25) is 5.78 Å². The minimum Gasteiger partial charge on any atom is -0.367 e. The molecule has 0 N–H and O–H groups in total. The molecular weight excluding hydrogens is 267 g/mol. The van der Waals surface area contributed by atoms with Crippen molar-refractivity contribution in [3.63, 3.8) is 0 Å². The summed E-state index contributed by atoms with van der Waals surface area (Å²) in [5, 5.41) is -0.995. The number of Topliss-reactive ketones (excluding diaryl/α,β-unsaturated/α-hetero) is 1. The quantitative estimate of drug-likeness (QED) is 0.780. The van der Waals surface area contributed by atoms with Crippen LogP contribution in [0.25, 0.3) is 0 Å². The molecule has 1 atom stereocenters. The molecule has 0 spiro atoms. The van der Waals surface area contributed by atoms with Crippen LogP contribution in [0.15, 0.2) is 6.20 Å². The number of hydrogen-bond donors (Lipinski definition) is 0. The van der Waals surface area contributed by atoms with Crippen molar-refractivity contribution in [2.24, 2.45) is 0 Å². The van der Waals surface area contributed by atoms with E-state index in [2.05, 4.69) is 4.98 Å². The Morgan fingerprint density at radius 1 is 1.50 bits per heavy atom. The third-order valence-corrected chi connectivity index (χ3v) is 3.96. The van der Waals surface area contributed by atoms with Gasteiger partial charge < -0.3 is 4.74 Å². The molecule has 0 aromatic carbocycles. The number of nitrogens with zero attached hydrogens (tertiary/aromatic N) is 1. The number of ether oxygens (including phenoxy) is 1. The second-order valence-corrected chi connectivity index (χ2v) is 5.42. The van der Waals surface area contributed by atoms with Crippen LogP contribution in [0.2, 0.25) is 0 Å². The van der Waals surface area contributed by atoms with E-state index in [1.54, 1.807) is 6.92 Å². The normalized spacial score (nSPS) is 25.1. The molecule has 0 radical (unpaired) electrons. The molecule has 1 aliphatic heterocycles. The van der Waals surface area contributed by atoms with Gasteiger partial charge in [0, 0.05) is 12.8 Å². The number of ketones is 1. The highest BCUT2D eigenvalue weighted by Gasteiger charge is 2.40. The summed E-state index contributed by atoms with van der Waals surface area (Å²) in [6.45, 7) is 2.09. The van der Waals surface area contributed by atoms with Gasteiger partial charge in [-0.1, -0.05) is 0 Å². The fourth-order valence-corrected chi connectivity index (χ4v) is 2.73. The van der Waals surface area contributed by atoms with Crippen molar-refractivity contribution in [1.82, 2.24) is 4.98 Å². The SMILES string of the molecule is CC1(C(=O)c2cnc(C(F)(F)F)s2)CCCCO1. The Morgan fingerprint density at radius 3 is 2.72 bits per heavy atom. The highest BCUT2D eigenvalue weighted by Crippen LogP contribution is 2.35. The van der Waals surface area contributed by atoms with Gasteiger partial charge in [0.25, 0.3) is 0 Å². The van der Waals surface area contributed by atoms with Crippen molar-refractivity contribution in [3.05, 3.63) is 16.1 Å². The predicted molar refractivity (Wildman–Crippen MR) is 59.7 cm³/mol. The molecule has 1 fully saturated rings. The first-order valence-corrected chi connectivity index (χ1v) is 6.36. The zero-order valence-corrected chi connectivity index (χ0v) is 10.5. The van der Waals surface area contributed by atoms with Gasteiger partial charge in [-0.25, -0.2) is 4.98 Å². The summed E-state index contributed by atoms with van der Waals surface area (Å²) in [5.74, 6) is -0.407. The second-order valence-electron chi connectivity index (χ2n) is 4.39. The van der Waals surface area contributed by atoms with Gasteiger partial charge in [-0.15, -0.1) is 11.3 Å². The Balaban J connectivity index is 2.21. The van der Waals surface area contributed by atoms with Crippen LogP contribution in [-0.2, 0) is 10.9 Å². The molecule has 7 heteroatoms. The Labute approximate surface area is 106 Å². The van der Waals surface area contributed by atoms with E-state index in [1.165, 1.54) is 0 Å². The number of halogens is 3. The molecule has 18 heavy (non-hydrogen) atoms. The first kappa shape index (κ1) is 13.5. The maximum Gasteiger partial charge on any atom is 0.443 e. The lowest BCUT2D eigenvalue weighted by atomic mass is 9.91. The summed E-state index contributed by atoms with van der Waals surface area (Å²) < 4.78 is 42.6. The van der Waals surface area contributed by atoms with E-state index in [0.29, 0.717) is 24.4 Å². The van der Waals surface area contributed by atoms with Crippen molar-refractivity contribution in [2.75, 3.05) is 6.61 Å². The van der Waals surface area contributed by atoms with Gasteiger partial charge in [-0.2, -0.15) is 13.2 Å². The smallest absolute Gasteiger partial charge is 0.367 e. The monoisotopic (exact) mass is 279 g/mol. The second kappa shape index (κ2) is 4.62. The molecule has 1 aliphatic rings. The first-order chi connectivity index (χ1) is 8.33. The van der Waals surface area contributed by atoms with Crippen LogP contribution in [0.5, 0.6) is 0 Å². The lowest BCUT2D eigenvalue weighted by molar-refractivity contribution is -0.137. The maximum atomic E-state index is 12.4. The maximum absolute atomic E-state index is 12.4. The average molecular weight is 279 g/mol. The molecule has 0 amide bonds. The van der Waals surface area contributed by atoms with Gasteiger partial charge in [0.05, 0.1) is 4.88 Å². The predicted octanol–water partition coefficient (Wildman–Crippen LogP) is 3.30. The summed E-state index contributed by atoms with van der Waals surface area (Å²) in [5.41, 5.74) is -1.01. The Morgan fingerprint density at radius 2 is 2.22 bits per heavy atom. The number of carbonyl (C=O) groups is 1. The third-order valence-electron chi connectivity index (χ3n) is 2.92. The van der Waals surface area contributed by atoms with E-state index >= 15 is 0 Å². The molecule has 1 aromatic heterocycles. The standard InChI is InChI=1S/C11H12F3NO2S/c1-10(4-2-3-5-17-10)8(16)7-6-15-9(18-7)11(12,13)14/h6H,2-5H2,1H3. The minimum atomic E-state index is -4.50. The average Bonchev–Trinajstić information content (AvgIpc) is 2.77. The lowest BCUT2D eigenvalue weighted by Gasteiger charge is -2.31. The van der Waals surface area contributed by atoms with Crippen molar-refractivity contribution in [1.29, 1.82) is 0 Å².